The first-order valence-electron chi connectivity index (χ1n) is 9.40. The van der Waals surface area contributed by atoms with Crippen molar-refractivity contribution < 1.29 is 14.3 Å². The molecule has 0 bridgehead atoms. The van der Waals surface area contributed by atoms with E-state index in [2.05, 4.69) is 20.7 Å². The minimum atomic E-state index is -0.326. The molecule has 0 saturated carbocycles. The van der Waals surface area contributed by atoms with E-state index in [0.717, 1.165) is 25.1 Å². The molecule has 1 aromatic carbocycles. The second-order valence-corrected chi connectivity index (χ2v) is 6.96. The van der Waals surface area contributed by atoms with E-state index in [0.29, 0.717) is 29.6 Å². The van der Waals surface area contributed by atoms with E-state index in [9.17, 15) is 4.79 Å². The molecule has 0 unspecified atom stereocenters. The molecule has 9 nitrogen and oxygen atoms in total. The van der Waals surface area contributed by atoms with Crippen LogP contribution in [-0.4, -0.2) is 54.0 Å². The summed E-state index contributed by atoms with van der Waals surface area (Å²) in [6, 6.07) is 5.52. The molecule has 2 heterocycles. The summed E-state index contributed by atoms with van der Waals surface area (Å²) in [6.07, 6.45) is 1.44. The zero-order valence-electron chi connectivity index (χ0n) is 17.4. The maximum atomic E-state index is 12.4. The number of halogens is 2. The normalized spacial score (nSPS) is 16.2. The number of carbonyl (C=O) groups is 1. The van der Waals surface area contributed by atoms with Crippen molar-refractivity contribution in [3.63, 3.8) is 0 Å². The Hall–Kier alpha value is -2.07. The molecular weight excluding hydrogens is 431 g/mol. The second-order valence-electron chi connectivity index (χ2n) is 6.96. The maximum Gasteiger partial charge on any atom is 0.242 e. The maximum absolute atomic E-state index is 12.4. The molecule has 168 valence electrons. The largest absolute Gasteiger partial charge is 0.493 e. The molecule has 1 amide bonds. The first-order chi connectivity index (χ1) is 13.5. The van der Waals surface area contributed by atoms with Crippen molar-refractivity contribution in [2.24, 2.45) is 5.73 Å². The van der Waals surface area contributed by atoms with Crippen molar-refractivity contribution in [3.8, 4) is 11.5 Å². The number of nitrogens with two attached hydrogens (primary N) is 1. The van der Waals surface area contributed by atoms with Gasteiger partial charge in [0.05, 0.1) is 20.3 Å². The van der Waals surface area contributed by atoms with E-state index in [1.54, 1.807) is 18.9 Å². The van der Waals surface area contributed by atoms with Gasteiger partial charge in [-0.25, -0.2) is 9.67 Å². The first-order valence-corrected chi connectivity index (χ1v) is 9.40. The Balaban J connectivity index is 0.00000225. The number of hydrogen-bond acceptors (Lipinski definition) is 7. The van der Waals surface area contributed by atoms with Gasteiger partial charge < -0.3 is 25.8 Å². The van der Waals surface area contributed by atoms with Gasteiger partial charge in [-0.2, -0.15) is 5.10 Å². The zero-order chi connectivity index (χ0) is 20.1. The fourth-order valence-electron chi connectivity index (χ4n) is 3.29. The minimum Gasteiger partial charge on any atom is -0.493 e. The Bertz CT molecular complexity index is 825. The van der Waals surface area contributed by atoms with Gasteiger partial charge in [0.25, 0.3) is 0 Å². The molecule has 30 heavy (non-hydrogen) atoms. The molecule has 0 radical (unpaired) electrons. The summed E-state index contributed by atoms with van der Waals surface area (Å²) in [5, 5.41) is 10.8. The molecule has 11 heteroatoms. The SMILES string of the molecule is COc1ccc(Cc2nc([C@@H](C)N)n(CC(=O)N[C@H]3CCNC3)n2)cc1OC.Cl.Cl. The van der Waals surface area contributed by atoms with Gasteiger partial charge in [0, 0.05) is 19.0 Å². The van der Waals surface area contributed by atoms with Crippen molar-refractivity contribution in [2.45, 2.75) is 38.4 Å². The number of ether oxygens (including phenoxy) is 2. The lowest BCUT2D eigenvalue weighted by atomic mass is 10.1. The molecule has 4 N–H and O–H groups in total. The minimum absolute atomic E-state index is 0. The fraction of sp³-hybridized carbons (Fsp3) is 0.526. The molecule has 1 fully saturated rings. The Morgan fingerprint density at radius 1 is 1.33 bits per heavy atom. The lowest BCUT2D eigenvalue weighted by Crippen LogP contribution is -2.38. The molecule has 0 aliphatic carbocycles. The van der Waals surface area contributed by atoms with E-state index in [1.807, 2.05) is 25.1 Å². The summed E-state index contributed by atoms with van der Waals surface area (Å²) in [5.41, 5.74) is 7.02. The molecule has 2 atom stereocenters. The Morgan fingerprint density at radius 3 is 2.67 bits per heavy atom. The summed E-state index contributed by atoms with van der Waals surface area (Å²) in [5.74, 6) is 2.43. The van der Waals surface area contributed by atoms with E-state index in [-0.39, 0.29) is 49.3 Å². The van der Waals surface area contributed by atoms with Gasteiger partial charge in [0.2, 0.25) is 5.91 Å². The van der Waals surface area contributed by atoms with Gasteiger partial charge in [0.1, 0.15) is 12.4 Å². The van der Waals surface area contributed by atoms with Gasteiger partial charge in [-0.3, -0.25) is 4.79 Å². The number of carbonyl (C=O) groups excluding carboxylic acids is 1. The average Bonchev–Trinajstić information content (AvgIpc) is 3.31. The van der Waals surface area contributed by atoms with E-state index in [4.69, 9.17) is 15.2 Å². The standard InChI is InChI=1S/C19H28N6O3.2ClH/c1-12(20)19-23-17(9-13-4-5-15(27-2)16(8-13)28-3)24-25(19)11-18(26)22-14-6-7-21-10-14;;/h4-5,8,12,14,21H,6-7,9-11,20H2,1-3H3,(H,22,26);2*1H/t12-,14+;;/m1../s1. The van der Waals surface area contributed by atoms with E-state index >= 15 is 0 Å². The number of amides is 1. The van der Waals surface area contributed by atoms with Gasteiger partial charge >= 0.3 is 0 Å². The van der Waals surface area contributed by atoms with Crippen LogP contribution < -0.4 is 25.8 Å². The van der Waals surface area contributed by atoms with Crippen LogP contribution in [0.15, 0.2) is 18.2 Å². The number of hydrogen-bond donors (Lipinski definition) is 3. The van der Waals surface area contributed by atoms with Gasteiger partial charge in [-0.15, -0.1) is 24.8 Å². The second kappa shape index (κ2) is 11.9. The van der Waals surface area contributed by atoms with Crippen molar-refractivity contribution in [1.82, 2.24) is 25.4 Å². The van der Waals surface area contributed by atoms with E-state index in [1.165, 1.54) is 0 Å². The predicted octanol–water partition coefficient (Wildman–Crippen LogP) is 1.23. The van der Waals surface area contributed by atoms with E-state index < -0.39 is 0 Å². The molecule has 1 aliphatic rings. The van der Waals surface area contributed by atoms with Crippen LogP contribution in [-0.2, 0) is 17.8 Å². The molecule has 2 aromatic rings. The third-order valence-electron chi connectivity index (χ3n) is 4.68. The van der Waals surface area contributed by atoms with Gasteiger partial charge in [-0.1, -0.05) is 6.07 Å². The molecule has 0 spiro atoms. The summed E-state index contributed by atoms with van der Waals surface area (Å²) in [7, 11) is 3.20. The van der Waals surface area contributed by atoms with Crippen molar-refractivity contribution in [1.29, 1.82) is 0 Å². The van der Waals surface area contributed by atoms with Crippen LogP contribution in [0.5, 0.6) is 11.5 Å². The predicted molar refractivity (Wildman–Crippen MR) is 119 cm³/mol. The van der Waals surface area contributed by atoms with Crippen LogP contribution >= 0.6 is 24.8 Å². The summed E-state index contributed by atoms with van der Waals surface area (Å²) < 4.78 is 12.2. The van der Waals surface area contributed by atoms with Crippen LogP contribution in [0.25, 0.3) is 0 Å². The lowest BCUT2D eigenvalue weighted by molar-refractivity contribution is -0.122. The summed E-state index contributed by atoms with van der Waals surface area (Å²) in [4.78, 5) is 16.9. The summed E-state index contributed by atoms with van der Waals surface area (Å²) >= 11 is 0. The molecular formula is C19H30Cl2N6O3. The molecule has 3 rings (SSSR count). The average molecular weight is 461 g/mol. The number of benzene rings is 1. The Labute approximate surface area is 188 Å². The smallest absolute Gasteiger partial charge is 0.242 e. The van der Waals surface area contributed by atoms with Crippen LogP contribution in [0.4, 0.5) is 0 Å². The van der Waals surface area contributed by atoms with Gasteiger partial charge in [-0.05, 0) is 37.6 Å². The number of methoxy groups -OCH3 is 2. The first kappa shape index (κ1) is 26.0. The number of aromatic nitrogens is 3. The molecule has 1 aromatic heterocycles. The Morgan fingerprint density at radius 2 is 2.07 bits per heavy atom. The van der Waals surface area contributed by atoms with Crippen LogP contribution in [0.3, 0.4) is 0 Å². The molecule has 1 aliphatic heterocycles. The Kier molecular flexibility index (Phi) is 10.3. The van der Waals surface area contributed by atoms with Crippen LogP contribution in [0.1, 0.15) is 36.6 Å². The van der Waals surface area contributed by atoms with Crippen molar-refractivity contribution in [3.05, 3.63) is 35.4 Å². The highest BCUT2D eigenvalue weighted by Crippen LogP contribution is 2.28. The topological polar surface area (TPSA) is 116 Å². The highest BCUT2D eigenvalue weighted by Gasteiger charge is 2.20. The van der Waals surface area contributed by atoms with Gasteiger partial charge in [0.15, 0.2) is 17.3 Å². The third-order valence-corrected chi connectivity index (χ3v) is 4.68. The summed E-state index contributed by atoms with van der Waals surface area (Å²) in [6.45, 7) is 3.66. The lowest BCUT2D eigenvalue weighted by Gasteiger charge is -2.12. The molecule has 1 saturated heterocycles. The number of nitrogens with one attached hydrogen (secondary N) is 2. The highest BCUT2D eigenvalue weighted by molar-refractivity contribution is 5.85. The third kappa shape index (κ3) is 6.46. The zero-order valence-corrected chi connectivity index (χ0v) is 19.0. The van der Waals surface area contributed by atoms with Crippen LogP contribution in [0, 0.1) is 0 Å². The quantitative estimate of drug-likeness (QED) is 0.542. The van der Waals surface area contributed by atoms with Crippen LogP contribution in [0.2, 0.25) is 0 Å². The van der Waals surface area contributed by atoms with Crippen molar-refractivity contribution in [2.75, 3.05) is 27.3 Å². The highest BCUT2D eigenvalue weighted by atomic mass is 35.5. The number of rotatable bonds is 8. The fourth-order valence-corrected chi connectivity index (χ4v) is 3.29. The number of nitrogens with zero attached hydrogens (tertiary/aromatic N) is 3. The van der Waals surface area contributed by atoms with Crippen molar-refractivity contribution >= 4 is 30.7 Å². The monoisotopic (exact) mass is 460 g/mol.